The maximum Gasteiger partial charge on any atom is 0.236 e. The van der Waals surface area contributed by atoms with Crippen LogP contribution in [0, 0.1) is 5.82 Å². The van der Waals surface area contributed by atoms with E-state index in [9.17, 15) is 17.6 Å². The lowest BCUT2D eigenvalue weighted by molar-refractivity contribution is -0.131. The Labute approximate surface area is 170 Å². The Bertz CT molecular complexity index is 928. The van der Waals surface area contributed by atoms with E-state index >= 15 is 0 Å². The third-order valence-electron chi connectivity index (χ3n) is 4.72. The van der Waals surface area contributed by atoms with Crippen LogP contribution in [0.25, 0.3) is 0 Å². The molecule has 0 aromatic heterocycles. The van der Waals surface area contributed by atoms with E-state index < -0.39 is 15.7 Å². The second kappa shape index (κ2) is 9.03. The van der Waals surface area contributed by atoms with Crippen LogP contribution in [0.1, 0.15) is 24.1 Å². The summed E-state index contributed by atoms with van der Waals surface area (Å²) in [6.45, 7) is 2.13. The highest BCUT2D eigenvalue weighted by Gasteiger charge is 2.19. The number of hydrogen-bond donors (Lipinski definition) is 0. The van der Waals surface area contributed by atoms with Crippen LogP contribution in [-0.2, 0) is 21.2 Å². The van der Waals surface area contributed by atoms with Crippen LogP contribution in [0.4, 0.5) is 4.39 Å². The van der Waals surface area contributed by atoms with Gasteiger partial charge in [0.1, 0.15) is 5.82 Å². The Morgan fingerprint density at radius 2 is 1.75 bits per heavy atom. The van der Waals surface area contributed by atoms with Gasteiger partial charge in [0.25, 0.3) is 0 Å². The molecule has 0 unspecified atom stereocenters. The zero-order chi connectivity index (χ0) is 21.1. The minimum Gasteiger partial charge on any atom is -0.340 e. The van der Waals surface area contributed by atoms with E-state index in [0.29, 0.717) is 0 Å². The number of hydrogen-bond acceptors (Lipinski definition) is 4. The monoisotopic (exact) mass is 426 g/mol. The quantitative estimate of drug-likeness (QED) is 0.679. The molecule has 2 rings (SSSR count). The molecule has 0 spiro atoms. The molecule has 28 heavy (non-hydrogen) atoms. The van der Waals surface area contributed by atoms with Crippen molar-refractivity contribution in [2.45, 2.75) is 24.4 Å². The highest BCUT2D eigenvalue weighted by molar-refractivity contribution is 7.90. The fourth-order valence-corrected chi connectivity index (χ4v) is 3.58. The Kier molecular flexibility index (Phi) is 7.20. The van der Waals surface area contributed by atoms with Crippen LogP contribution in [0.3, 0.4) is 0 Å². The molecule has 0 saturated heterocycles. The molecule has 0 aliphatic heterocycles. The molecule has 2 aromatic rings. The summed E-state index contributed by atoms with van der Waals surface area (Å²) in [7, 11) is 0.156. The number of amides is 1. The molecular weight excluding hydrogens is 403 g/mol. The maximum atomic E-state index is 13.9. The van der Waals surface area contributed by atoms with Gasteiger partial charge in [0.05, 0.1) is 11.4 Å². The third-order valence-corrected chi connectivity index (χ3v) is 6.20. The third kappa shape index (κ3) is 5.53. The van der Waals surface area contributed by atoms with E-state index in [-0.39, 0.29) is 40.5 Å². The van der Waals surface area contributed by atoms with Gasteiger partial charge in [0, 0.05) is 36.5 Å². The van der Waals surface area contributed by atoms with E-state index in [1.165, 1.54) is 17.0 Å². The highest BCUT2D eigenvalue weighted by Crippen LogP contribution is 2.22. The Morgan fingerprint density at radius 1 is 1.14 bits per heavy atom. The van der Waals surface area contributed by atoms with Crippen molar-refractivity contribution in [3.05, 3.63) is 64.4 Å². The second-order valence-electron chi connectivity index (χ2n) is 6.88. The summed E-state index contributed by atoms with van der Waals surface area (Å²) in [4.78, 5) is 16.1. The first kappa shape index (κ1) is 22.3. The normalized spacial score (nSPS) is 12.8. The van der Waals surface area contributed by atoms with Crippen LogP contribution < -0.4 is 0 Å². The zero-order valence-corrected chi connectivity index (χ0v) is 17.9. The van der Waals surface area contributed by atoms with Gasteiger partial charge in [0.15, 0.2) is 9.84 Å². The molecule has 0 aliphatic carbocycles. The molecule has 0 fully saturated rings. The fraction of sp³-hybridized carbons (Fsp3) is 0.350. The summed E-state index contributed by atoms with van der Waals surface area (Å²) in [6.07, 6.45) is 1.16. The van der Waals surface area contributed by atoms with E-state index in [2.05, 4.69) is 0 Å². The van der Waals surface area contributed by atoms with Crippen molar-refractivity contribution >= 4 is 27.3 Å². The Hall–Kier alpha value is -1.96. The Balaban J connectivity index is 2.02. The molecule has 0 saturated carbocycles. The van der Waals surface area contributed by atoms with Crippen LogP contribution in [0.2, 0.25) is 5.02 Å². The first-order chi connectivity index (χ1) is 13.0. The van der Waals surface area contributed by atoms with Crippen LogP contribution in [-0.4, -0.2) is 51.0 Å². The molecule has 0 heterocycles. The molecule has 0 N–H and O–H groups in total. The molecule has 2 aromatic carbocycles. The lowest BCUT2D eigenvalue weighted by Gasteiger charge is -2.27. The maximum absolute atomic E-state index is 13.9. The summed E-state index contributed by atoms with van der Waals surface area (Å²) in [5, 5.41) is 0.285. The molecule has 0 aliphatic rings. The Morgan fingerprint density at radius 3 is 2.29 bits per heavy atom. The van der Waals surface area contributed by atoms with E-state index in [1.54, 1.807) is 44.4 Å². The number of rotatable bonds is 7. The van der Waals surface area contributed by atoms with E-state index in [1.807, 2.05) is 11.8 Å². The predicted octanol–water partition coefficient (Wildman–Crippen LogP) is 3.53. The molecule has 1 amide bonds. The second-order valence-corrected chi connectivity index (χ2v) is 9.31. The number of halogens is 2. The minimum absolute atomic E-state index is 0.0790. The van der Waals surface area contributed by atoms with Gasteiger partial charge in [0.2, 0.25) is 5.91 Å². The van der Waals surface area contributed by atoms with Crippen molar-refractivity contribution in [3.8, 4) is 0 Å². The molecule has 8 heteroatoms. The van der Waals surface area contributed by atoms with Gasteiger partial charge in [-0.2, -0.15) is 0 Å². The average molecular weight is 427 g/mol. The molecule has 152 valence electrons. The molecule has 0 bridgehead atoms. The lowest BCUT2D eigenvalue weighted by Crippen LogP contribution is -2.37. The fourth-order valence-electron chi connectivity index (χ4n) is 2.73. The molecule has 1 atom stereocenters. The van der Waals surface area contributed by atoms with Gasteiger partial charge >= 0.3 is 0 Å². The van der Waals surface area contributed by atoms with Gasteiger partial charge in [-0.3, -0.25) is 9.69 Å². The zero-order valence-electron chi connectivity index (χ0n) is 16.3. The highest BCUT2D eigenvalue weighted by atomic mass is 35.5. The van der Waals surface area contributed by atoms with E-state index in [4.69, 9.17) is 11.6 Å². The number of sulfone groups is 1. The van der Waals surface area contributed by atoms with Gasteiger partial charge < -0.3 is 4.90 Å². The van der Waals surface area contributed by atoms with Crippen LogP contribution in [0.15, 0.2) is 47.4 Å². The standard InChI is InChI=1S/C20H24ClFN2O3S/c1-14(15-8-10-16(11-9-15)28(4,26)27)23(2)13-20(25)24(3)12-17-18(21)6-5-7-19(17)22/h5-11,14H,12-13H2,1-4H3/t14-/m0/s1. The average Bonchev–Trinajstić information content (AvgIpc) is 2.63. The molecule has 0 radical (unpaired) electrons. The first-order valence-corrected chi connectivity index (χ1v) is 10.9. The molecule has 5 nitrogen and oxygen atoms in total. The number of likely N-dealkylation sites (N-methyl/N-ethyl adjacent to an activating group) is 2. The van der Waals surface area contributed by atoms with E-state index in [0.717, 1.165) is 11.8 Å². The van der Waals surface area contributed by atoms with Gasteiger partial charge in [-0.05, 0) is 43.8 Å². The summed E-state index contributed by atoms with van der Waals surface area (Å²) in [5.41, 5.74) is 1.18. The van der Waals surface area contributed by atoms with Crippen LogP contribution in [0.5, 0.6) is 0 Å². The summed E-state index contributed by atoms with van der Waals surface area (Å²) < 4.78 is 37.1. The van der Waals surface area contributed by atoms with Crippen molar-refractivity contribution in [2.24, 2.45) is 0 Å². The lowest BCUT2D eigenvalue weighted by atomic mass is 10.1. The number of benzene rings is 2. The number of carbonyl (C=O) groups is 1. The summed E-state index contributed by atoms with van der Waals surface area (Å²) in [6, 6.07) is 10.9. The van der Waals surface area contributed by atoms with Crippen molar-refractivity contribution in [1.29, 1.82) is 0 Å². The summed E-state index contributed by atoms with van der Waals surface area (Å²) >= 11 is 6.03. The van der Waals surface area contributed by atoms with Crippen molar-refractivity contribution < 1.29 is 17.6 Å². The smallest absolute Gasteiger partial charge is 0.236 e. The largest absolute Gasteiger partial charge is 0.340 e. The number of nitrogens with zero attached hydrogens (tertiary/aromatic N) is 2. The van der Waals surface area contributed by atoms with Gasteiger partial charge in [-0.15, -0.1) is 0 Å². The summed E-state index contributed by atoms with van der Waals surface area (Å²) in [5.74, 6) is -0.624. The van der Waals surface area contributed by atoms with Crippen molar-refractivity contribution in [2.75, 3.05) is 26.9 Å². The SMILES string of the molecule is C[C@@H](c1ccc(S(C)(=O)=O)cc1)N(C)CC(=O)N(C)Cc1c(F)cccc1Cl. The predicted molar refractivity (Wildman–Crippen MR) is 108 cm³/mol. The topological polar surface area (TPSA) is 57.7 Å². The van der Waals surface area contributed by atoms with Crippen molar-refractivity contribution in [1.82, 2.24) is 9.80 Å². The van der Waals surface area contributed by atoms with Crippen LogP contribution >= 0.6 is 11.6 Å². The minimum atomic E-state index is -3.25. The van der Waals surface area contributed by atoms with Gasteiger partial charge in [-0.1, -0.05) is 29.8 Å². The molecular formula is C20H24ClFN2O3S. The van der Waals surface area contributed by atoms with Gasteiger partial charge in [-0.25, -0.2) is 12.8 Å². The van der Waals surface area contributed by atoms with Crippen molar-refractivity contribution in [3.63, 3.8) is 0 Å². The first-order valence-electron chi connectivity index (χ1n) is 8.67. The number of carbonyl (C=O) groups excluding carboxylic acids is 1.